The molecule has 0 bridgehead atoms. The highest BCUT2D eigenvalue weighted by Gasteiger charge is 2.15. The van der Waals surface area contributed by atoms with Crippen LogP contribution in [0.2, 0.25) is 0 Å². The Balaban J connectivity index is 0.000000364. The maximum atomic E-state index is 11.8. The van der Waals surface area contributed by atoms with Gasteiger partial charge in [0.1, 0.15) is 5.70 Å². The Hall–Kier alpha value is -1.93. The van der Waals surface area contributed by atoms with Gasteiger partial charge in [-0.15, -0.1) is 5.76 Å². The third-order valence-corrected chi connectivity index (χ3v) is 7.55. The highest BCUT2D eigenvalue weighted by molar-refractivity contribution is 14.1. The molecule has 0 radical (unpaired) electrons. The van der Waals surface area contributed by atoms with E-state index in [0.717, 1.165) is 26.4 Å². The smallest absolute Gasteiger partial charge is 0.387 e. The molecule has 0 heterocycles. The van der Waals surface area contributed by atoms with Crippen LogP contribution in [0.5, 0.6) is 0 Å². The number of hydrogen-bond acceptors (Lipinski definition) is 9. The number of ether oxygens (including phenoxy) is 2. The summed E-state index contributed by atoms with van der Waals surface area (Å²) in [5, 5.41) is 28.0. The van der Waals surface area contributed by atoms with Crippen molar-refractivity contribution < 1.29 is 34.1 Å². The molecule has 11 nitrogen and oxygen atoms in total. The van der Waals surface area contributed by atoms with Crippen molar-refractivity contribution in [3.05, 3.63) is 78.8 Å². The van der Waals surface area contributed by atoms with Crippen molar-refractivity contribution in [3.8, 4) is 0 Å². The zero-order chi connectivity index (χ0) is 32.4. The van der Waals surface area contributed by atoms with Gasteiger partial charge < -0.3 is 25.1 Å². The van der Waals surface area contributed by atoms with Gasteiger partial charge in [-0.05, 0) is 154 Å². The van der Waals surface area contributed by atoms with Crippen LogP contribution in [0.15, 0.2) is 59.5 Å². The summed E-state index contributed by atoms with van der Waals surface area (Å²) in [6.45, 7) is 4.04. The molecule has 0 aliphatic heterocycles. The van der Waals surface area contributed by atoms with E-state index in [1.54, 1.807) is 13.8 Å². The van der Waals surface area contributed by atoms with E-state index in [2.05, 4.69) is 106 Å². The summed E-state index contributed by atoms with van der Waals surface area (Å²) in [6, 6.07) is 11.5. The number of nitrogens with zero attached hydrogens (tertiary/aromatic N) is 2. The zero-order valence-corrected chi connectivity index (χ0v) is 31.9. The Morgan fingerprint density at radius 2 is 1.51 bits per heavy atom. The summed E-state index contributed by atoms with van der Waals surface area (Å²) in [5.41, 5.74) is 7.66. The number of carboxylic acids is 1. The van der Waals surface area contributed by atoms with Gasteiger partial charge in [0, 0.05) is 38.4 Å². The lowest BCUT2D eigenvalue weighted by atomic mass is 10.2. The molecule has 1 aliphatic carbocycles. The number of carbonyl (C=O) groups excluding carboxylic acids is 2. The van der Waals surface area contributed by atoms with Crippen LogP contribution in [0.3, 0.4) is 0 Å². The quantitative estimate of drug-likeness (QED) is 0.0754. The molecule has 0 amide bonds. The number of halogens is 4. The Morgan fingerprint density at radius 1 is 0.953 bits per heavy atom. The molecule has 0 saturated carbocycles. The van der Waals surface area contributed by atoms with Crippen LogP contribution in [0.25, 0.3) is 4.98 Å². The number of carboxylic acid groups (broad SMARTS) is 1. The topological polar surface area (TPSA) is 165 Å². The molecule has 0 aromatic heterocycles. The predicted molar refractivity (Wildman–Crippen MR) is 194 cm³/mol. The van der Waals surface area contributed by atoms with Crippen LogP contribution in [-0.2, 0) is 23.9 Å². The van der Waals surface area contributed by atoms with Crippen molar-refractivity contribution in [2.24, 2.45) is 0 Å². The van der Waals surface area contributed by atoms with Crippen molar-refractivity contribution in [3.63, 3.8) is 0 Å². The van der Waals surface area contributed by atoms with E-state index < -0.39 is 17.9 Å². The number of rotatable bonds is 10. The van der Waals surface area contributed by atoms with E-state index in [1.807, 2.05) is 36.4 Å². The fraction of sp³-hybridized carbons (Fsp3) is 0.321. The minimum atomic E-state index is -0.917. The van der Waals surface area contributed by atoms with Gasteiger partial charge in [0.25, 0.3) is 0 Å². The van der Waals surface area contributed by atoms with E-state index in [9.17, 15) is 19.5 Å². The minimum Gasteiger partial charge on any atom is -0.875 e. The normalized spacial score (nSPS) is 12.1. The maximum Gasteiger partial charge on any atom is 0.387 e. The second-order valence-corrected chi connectivity index (χ2v) is 13.4. The number of nitrogens with one attached hydrogen (secondary N) is 2. The Kier molecular flexibility index (Phi) is 19.7. The summed E-state index contributed by atoms with van der Waals surface area (Å²) in [4.78, 5) is 36.4. The molecule has 3 rings (SSSR count). The predicted octanol–water partition coefficient (Wildman–Crippen LogP) is 6.85. The summed E-state index contributed by atoms with van der Waals surface area (Å²) < 4.78 is 13.9. The number of anilines is 1. The molecule has 2 aromatic rings. The Labute approximate surface area is 304 Å². The molecular weight excluding hydrogens is 1010 g/mol. The number of carbonyl (C=O) groups is 3. The van der Waals surface area contributed by atoms with Gasteiger partial charge in [0.15, 0.2) is 4.98 Å². The van der Waals surface area contributed by atoms with Crippen LogP contribution < -0.4 is 16.0 Å². The average Bonchev–Trinajstić information content (AvgIpc) is 3.36. The first-order valence-electron chi connectivity index (χ1n) is 12.8. The van der Waals surface area contributed by atoms with Crippen molar-refractivity contribution in [1.82, 2.24) is 5.43 Å². The summed E-state index contributed by atoms with van der Waals surface area (Å²) in [5.74, 6) is -1.90. The van der Waals surface area contributed by atoms with Crippen LogP contribution in [0.1, 0.15) is 46.0 Å². The van der Waals surface area contributed by atoms with Gasteiger partial charge >= 0.3 is 23.6 Å². The van der Waals surface area contributed by atoms with E-state index in [0.29, 0.717) is 30.7 Å². The standard InChI is InChI=1S/C14H16I2N2O4.C8H12O3.C6H3I2N2/c1-2-22-14(21)12(4-3-5-13(19)20)18-17-11-7-9(15)6-10(16)8-11;1-2-11-8(10)6-4-3-5-7(6)9;7-4-1-5(8)3-6(2-4)10-9/h4,6-8,17-18H,2-3,5H2,1H3,(H,19,20);9H,2-5H2,1H3;1-3H/q;;+1/p-1/b12-4+;;. The molecule has 232 valence electrons. The fourth-order valence-electron chi connectivity index (χ4n) is 3.25. The van der Waals surface area contributed by atoms with Crippen molar-refractivity contribution >= 4 is 120 Å². The molecule has 15 heteroatoms. The minimum absolute atomic E-state index is 0.0385. The van der Waals surface area contributed by atoms with Crippen LogP contribution in [0.4, 0.5) is 11.4 Å². The third-order valence-electron chi connectivity index (χ3n) is 5.06. The fourth-order valence-corrected chi connectivity index (χ4v) is 7.09. The zero-order valence-electron chi connectivity index (χ0n) is 23.3. The van der Waals surface area contributed by atoms with Gasteiger partial charge in [0.05, 0.1) is 18.9 Å². The second-order valence-electron chi connectivity index (χ2n) is 8.38. The van der Waals surface area contributed by atoms with Crippen molar-refractivity contribution in [1.29, 1.82) is 5.39 Å². The molecule has 0 spiro atoms. The number of hydrazine groups is 1. The number of hydrogen-bond donors (Lipinski definition) is 3. The van der Waals surface area contributed by atoms with Crippen LogP contribution >= 0.6 is 90.4 Å². The molecule has 3 N–H and O–H groups in total. The molecule has 0 atom stereocenters. The monoisotopic (exact) mass is 1040 g/mol. The number of allylic oxidation sites excluding steroid dienone is 2. The lowest BCUT2D eigenvalue weighted by Gasteiger charge is -2.13. The number of esters is 2. The summed E-state index contributed by atoms with van der Waals surface area (Å²) in [7, 11) is 0. The molecule has 2 aromatic carbocycles. The highest BCUT2D eigenvalue weighted by Crippen LogP contribution is 2.23. The first-order valence-corrected chi connectivity index (χ1v) is 17.2. The van der Waals surface area contributed by atoms with Crippen molar-refractivity contribution in [2.75, 3.05) is 18.6 Å². The first kappa shape index (κ1) is 39.1. The SMILES string of the molecule is CCOC(=O)/C(=C\CCC(=O)O)NNc1cc(I)cc(I)c1.CCOC(=O)C1=C([O-])CCC1.N#[N+]c1cc(I)cc(I)c1. The second kappa shape index (κ2) is 21.7. The lowest BCUT2D eigenvalue weighted by Crippen LogP contribution is -2.27. The summed E-state index contributed by atoms with van der Waals surface area (Å²) in [6.07, 6.45) is 3.60. The number of benzene rings is 2. The van der Waals surface area contributed by atoms with Crippen LogP contribution in [0, 0.1) is 19.7 Å². The van der Waals surface area contributed by atoms with Crippen molar-refractivity contribution in [2.45, 2.75) is 46.0 Å². The maximum absolute atomic E-state index is 11.8. The first-order chi connectivity index (χ1) is 20.4. The molecular formula is C28H30I4N4O7. The van der Waals surface area contributed by atoms with Crippen LogP contribution in [-0.4, -0.2) is 36.2 Å². The molecule has 1 aliphatic rings. The highest BCUT2D eigenvalue weighted by atomic mass is 127. The average molecular weight is 1040 g/mol. The van der Waals surface area contributed by atoms with Gasteiger partial charge in [-0.3, -0.25) is 10.2 Å². The van der Waals surface area contributed by atoms with Gasteiger partial charge in [-0.2, -0.15) is 0 Å². The molecule has 0 unspecified atom stereocenters. The van der Waals surface area contributed by atoms with Gasteiger partial charge in [-0.25, -0.2) is 9.59 Å². The Bertz CT molecular complexity index is 1340. The largest absolute Gasteiger partial charge is 0.875 e. The summed E-state index contributed by atoms with van der Waals surface area (Å²) >= 11 is 8.76. The van der Waals surface area contributed by atoms with E-state index in [-0.39, 0.29) is 30.9 Å². The van der Waals surface area contributed by atoms with E-state index >= 15 is 0 Å². The van der Waals surface area contributed by atoms with E-state index in [1.165, 1.54) is 6.08 Å². The Morgan fingerprint density at radius 3 is 1.98 bits per heavy atom. The molecule has 43 heavy (non-hydrogen) atoms. The van der Waals surface area contributed by atoms with E-state index in [4.69, 9.17) is 20.0 Å². The molecule has 0 saturated heterocycles. The molecule has 0 fully saturated rings. The van der Waals surface area contributed by atoms with Gasteiger partial charge in [-0.1, -0.05) is 6.08 Å². The third kappa shape index (κ3) is 16.6. The van der Waals surface area contributed by atoms with Gasteiger partial charge in [0.2, 0.25) is 5.39 Å². The number of aliphatic carboxylic acids is 1. The number of diazo groups is 1. The lowest BCUT2D eigenvalue weighted by molar-refractivity contribution is -0.306.